The number of hydrogen-bond donors (Lipinski definition) is 0. The monoisotopic (exact) mass is 379 g/mol. The van der Waals surface area contributed by atoms with E-state index in [0.29, 0.717) is 24.6 Å². The van der Waals surface area contributed by atoms with Gasteiger partial charge in [0.25, 0.3) is 5.91 Å². The number of carbonyl (C=O) groups is 1. The summed E-state index contributed by atoms with van der Waals surface area (Å²) in [4.78, 5) is 17.2. The molecular weight excluding hydrogens is 350 g/mol. The molecule has 0 aromatic heterocycles. The van der Waals surface area contributed by atoms with Gasteiger partial charge in [0.15, 0.2) is 0 Å². The van der Waals surface area contributed by atoms with Gasteiger partial charge in [-0.15, -0.1) is 0 Å². The lowest BCUT2D eigenvalue weighted by atomic mass is 10.1. The number of nitrogens with zero attached hydrogens (tertiary/aromatic N) is 3. The molecule has 1 aromatic rings. The zero-order valence-corrected chi connectivity index (χ0v) is 16.5. The standard InChI is InChI=1S/C19H29N3O3S/c1-16(2)15-20-11-13-21(14-12-20)19(23)17-5-7-18(8-6-17)26(24,25)22-9-3-4-10-22/h5-8,16H,3-4,9-15H2,1-2H3. The third-order valence-corrected chi connectivity index (χ3v) is 7.00. The van der Waals surface area contributed by atoms with E-state index in [9.17, 15) is 13.2 Å². The Morgan fingerprint density at radius 1 is 0.962 bits per heavy atom. The molecule has 0 radical (unpaired) electrons. The Kier molecular flexibility index (Phi) is 5.99. The highest BCUT2D eigenvalue weighted by Gasteiger charge is 2.28. The first-order valence-corrected chi connectivity index (χ1v) is 10.9. The maximum Gasteiger partial charge on any atom is 0.253 e. The van der Waals surface area contributed by atoms with E-state index in [1.165, 1.54) is 4.31 Å². The van der Waals surface area contributed by atoms with Gasteiger partial charge in [-0.25, -0.2) is 8.42 Å². The highest BCUT2D eigenvalue weighted by atomic mass is 32.2. The van der Waals surface area contributed by atoms with Gasteiger partial charge >= 0.3 is 0 Å². The quantitative estimate of drug-likeness (QED) is 0.784. The Hall–Kier alpha value is -1.44. The lowest BCUT2D eigenvalue weighted by Gasteiger charge is -2.35. The van der Waals surface area contributed by atoms with Crippen LogP contribution in [0, 0.1) is 5.92 Å². The first kappa shape index (κ1) is 19.3. The van der Waals surface area contributed by atoms with E-state index in [0.717, 1.165) is 45.6 Å². The van der Waals surface area contributed by atoms with Crippen molar-refractivity contribution in [3.05, 3.63) is 29.8 Å². The summed E-state index contributed by atoms with van der Waals surface area (Å²) in [5.74, 6) is 0.613. The van der Waals surface area contributed by atoms with Crippen molar-refractivity contribution >= 4 is 15.9 Å². The van der Waals surface area contributed by atoms with E-state index in [-0.39, 0.29) is 10.8 Å². The number of benzene rings is 1. The maximum atomic E-state index is 12.7. The third kappa shape index (κ3) is 4.27. The summed E-state index contributed by atoms with van der Waals surface area (Å²) in [7, 11) is -3.42. The predicted molar refractivity (Wildman–Crippen MR) is 102 cm³/mol. The van der Waals surface area contributed by atoms with Crippen LogP contribution in [0.3, 0.4) is 0 Å². The van der Waals surface area contributed by atoms with Crippen molar-refractivity contribution in [1.82, 2.24) is 14.1 Å². The minimum absolute atomic E-state index is 0.0145. The molecule has 0 atom stereocenters. The number of amides is 1. The van der Waals surface area contributed by atoms with Crippen molar-refractivity contribution in [2.45, 2.75) is 31.6 Å². The molecule has 2 fully saturated rings. The number of sulfonamides is 1. The Morgan fingerprint density at radius 2 is 1.54 bits per heavy atom. The zero-order valence-electron chi connectivity index (χ0n) is 15.7. The summed E-state index contributed by atoms with van der Waals surface area (Å²) in [6.45, 7) is 9.87. The Labute approximate surface area is 156 Å². The SMILES string of the molecule is CC(C)CN1CCN(C(=O)c2ccc(S(=O)(=O)N3CCCC3)cc2)CC1. The summed E-state index contributed by atoms with van der Waals surface area (Å²) >= 11 is 0. The molecule has 0 saturated carbocycles. The molecular formula is C19H29N3O3S. The van der Waals surface area contributed by atoms with Gasteiger partial charge in [-0.1, -0.05) is 13.8 Å². The zero-order chi connectivity index (χ0) is 18.7. The van der Waals surface area contributed by atoms with Crippen molar-refractivity contribution in [2.24, 2.45) is 5.92 Å². The molecule has 1 amide bonds. The lowest BCUT2D eigenvalue weighted by Crippen LogP contribution is -2.49. The first-order valence-electron chi connectivity index (χ1n) is 9.50. The second-order valence-electron chi connectivity index (χ2n) is 7.62. The van der Waals surface area contributed by atoms with E-state index >= 15 is 0 Å². The largest absolute Gasteiger partial charge is 0.336 e. The fourth-order valence-corrected chi connectivity index (χ4v) is 5.20. The second-order valence-corrected chi connectivity index (χ2v) is 9.56. The molecule has 26 heavy (non-hydrogen) atoms. The van der Waals surface area contributed by atoms with Crippen LogP contribution in [-0.4, -0.2) is 74.2 Å². The van der Waals surface area contributed by atoms with Crippen LogP contribution in [-0.2, 0) is 10.0 Å². The van der Waals surface area contributed by atoms with Crippen LogP contribution < -0.4 is 0 Å². The van der Waals surface area contributed by atoms with Crippen molar-refractivity contribution in [1.29, 1.82) is 0 Å². The van der Waals surface area contributed by atoms with E-state index in [4.69, 9.17) is 0 Å². The van der Waals surface area contributed by atoms with Gasteiger partial charge in [-0.2, -0.15) is 4.31 Å². The molecule has 0 N–H and O–H groups in total. The molecule has 0 bridgehead atoms. The first-order chi connectivity index (χ1) is 12.4. The van der Waals surface area contributed by atoms with Crippen LogP contribution in [0.15, 0.2) is 29.2 Å². The van der Waals surface area contributed by atoms with E-state index in [1.54, 1.807) is 24.3 Å². The second kappa shape index (κ2) is 8.06. The van der Waals surface area contributed by atoms with Gasteiger partial charge in [0.2, 0.25) is 10.0 Å². The van der Waals surface area contributed by atoms with E-state index < -0.39 is 10.0 Å². The summed E-state index contributed by atoms with van der Waals surface area (Å²) in [6.07, 6.45) is 1.83. The minimum Gasteiger partial charge on any atom is -0.336 e. The molecule has 2 heterocycles. The summed E-state index contributed by atoms with van der Waals surface area (Å²) in [5, 5.41) is 0. The molecule has 7 heteroatoms. The average Bonchev–Trinajstić information content (AvgIpc) is 3.17. The van der Waals surface area contributed by atoms with Crippen molar-refractivity contribution in [3.63, 3.8) is 0 Å². The highest BCUT2D eigenvalue weighted by molar-refractivity contribution is 7.89. The maximum absolute atomic E-state index is 12.7. The van der Waals surface area contributed by atoms with Crippen molar-refractivity contribution < 1.29 is 13.2 Å². The topological polar surface area (TPSA) is 60.9 Å². The number of piperazine rings is 1. The van der Waals surface area contributed by atoms with Crippen molar-refractivity contribution in [2.75, 3.05) is 45.8 Å². The molecule has 0 unspecified atom stereocenters. The fraction of sp³-hybridized carbons (Fsp3) is 0.632. The van der Waals surface area contributed by atoms with Gasteiger partial charge in [-0.3, -0.25) is 9.69 Å². The van der Waals surface area contributed by atoms with E-state index in [1.807, 2.05) is 4.90 Å². The van der Waals surface area contributed by atoms with E-state index in [2.05, 4.69) is 18.7 Å². The number of carbonyl (C=O) groups excluding carboxylic acids is 1. The third-order valence-electron chi connectivity index (χ3n) is 5.09. The Bertz CT molecular complexity index is 717. The smallest absolute Gasteiger partial charge is 0.253 e. The molecule has 2 aliphatic rings. The van der Waals surface area contributed by atoms with Gasteiger partial charge in [0, 0.05) is 51.4 Å². The normalized spacial score (nSPS) is 20.0. The number of rotatable bonds is 5. The lowest BCUT2D eigenvalue weighted by molar-refractivity contribution is 0.0623. The highest BCUT2D eigenvalue weighted by Crippen LogP contribution is 2.21. The van der Waals surface area contributed by atoms with Gasteiger partial charge in [0.05, 0.1) is 4.90 Å². The minimum atomic E-state index is -3.42. The van der Waals surface area contributed by atoms with Crippen LogP contribution in [0.25, 0.3) is 0 Å². The molecule has 0 spiro atoms. The van der Waals surface area contributed by atoms with Crippen LogP contribution in [0.1, 0.15) is 37.0 Å². The fourth-order valence-electron chi connectivity index (χ4n) is 3.68. The predicted octanol–water partition coefficient (Wildman–Crippen LogP) is 1.88. The molecule has 144 valence electrons. The molecule has 6 nitrogen and oxygen atoms in total. The summed E-state index contributed by atoms with van der Waals surface area (Å²) in [5.41, 5.74) is 0.558. The van der Waals surface area contributed by atoms with Gasteiger partial charge in [0.1, 0.15) is 0 Å². The molecule has 0 aliphatic carbocycles. The summed E-state index contributed by atoms with van der Waals surface area (Å²) in [6, 6.07) is 6.42. The van der Waals surface area contributed by atoms with Crippen LogP contribution in [0.5, 0.6) is 0 Å². The van der Waals surface area contributed by atoms with Crippen LogP contribution in [0.4, 0.5) is 0 Å². The van der Waals surface area contributed by atoms with Crippen LogP contribution in [0.2, 0.25) is 0 Å². The van der Waals surface area contributed by atoms with Crippen molar-refractivity contribution in [3.8, 4) is 0 Å². The molecule has 2 saturated heterocycles. The van der Waals surface area contributed by atoms with Gasteiger partial charge in [-0.05, 0) is 43.0 Å². The number of hydrogen-bond acceptors (Lipinski definition) is 4. The Balaban J connectivity index is 1.63. The van der Waals surface area contributed by atoms with Gasteiger partial charge < -0.3 is 4.90 Å². The molecule has 1 aromatic carbocycles. The Morgan fingerprint density at radius 3 is 2.08 bits per heavy atom. The molecule has 3 rings (SSSR count). The molecule has 2 aliphatic heterocycles. The van der Waals surface area contributed by atoms with Crippen LogP contribution >= 0.6 is 0 Å². The average molecular weight is 380 g/mol. The summed E-state index contributed by atoms with van der Waals surface area (Å²) < 4.78 is 26.7.